The van der Waals surface area contributed by atoms with E-state index in [9.17, 15) is 35.9 Å². The number of carbonyl (C=O) groups excluding carboxylic acids is 1. The molecule has 2 aromatic rings. The molecule has 0 saturated carbocycles. The Labute approximate surface area is 263 Å². The van der Waals surface area contributed by atoms with Crippen LogP contribution in [0.1, 0.15) is 25.0 Å². The number of ether oxygens (including phenoxy) is 1. The molecule has 19 heteroatoms. The third kappa shape index (κ3) is 11.2. The zero-order valence-corrected chi connectivity index (χ0v) is 27.4. The Kier molecular flexibility index (Phi) is 12.5. The highest BCUT2D eigenvalue weighted by atomic mass is 28.3. The Morgan fingerprint density at radius 2 is 1.67 bits per heavy atom. The number of hydrogen-bond acceptors (Lipinski definition) is 10. The van der Waals surface area contributed by atoms with Gasteiger partial charge < -0.3 is 15.0 Å². The zero-order valence-electron chi connectivity index (χ0n) is 26.4. The van der Waals surface area contributed by atoms with Crippen LogP contribution in [0.4, 0.5) is 38.0 Å². The predicted octanol–water partition coefficient (Wildman–Crippen LogP) is 3.79. The molecule has 2 aromatic heterocycles. The highest BCUT2D eigenvalue weighted by Crippen LogP contribution is 2.32. The van der Waals surface area contributed by atoms with Gasteiger partial charge in [-0.3, -0.25) is 19.3 Å². The second-order valence-electron chi connectivity index (χ2n) is 12.1. The summed E-state index contributed by atoms with van der Waals surface area (Å²) < 4.78 is 86.1. The fraction of sp³-hybridized carbons (Fsp3) is 0.667. The summed E-state index contributed by atoms with van der Waals surface area (Å²) in [4.78, 5) is 41.9. The molecule has 1 aliphatic rings. The summed E-state index contributed by atoms with van der Waals surface area (Å²) in [5, 5.41) is 7.56. The number of aromatic nitrogens is 4. The van der Waals surface area contributed by atoms with Crippen LogP contribution in [0.3, 0.4) is 0 Å². The molecule has 12 nitrogen and oxygen atoms in total. The first-order valence-corrected chi connectivity index (χ1v) is 18.3. The van der Waals surface area contributed by atoms with Crippen molar-refractivity contribution in [1.29, 1.82) is 0 Å². The van der Waals surface area contributed by atoms with E-state index in [0.29, 0.717) is 44.0 Å². The van der Waals surface area contributed by atoms with E-state index in [1.54, 1.807) is 4.90 Å². The lowest BCUT2D eigenvalue weighted by Crippen LogP contribution is -2.49. The monoisotopic (exact) mass is 682 g/mol. The van der Waals surface area contributed by atoms with Gasteiger partial charge in [-0.1, -0.05) is 19.6 Å². The van der Waals surface area contributed by atoms with Crippen LogP contribution < -0.4 is 15.8 Å². The molecule has 0 bridgehead atoms. The molecule has 1 atom stereocenters. The number of hydrogen-bond donors (Lipinski definition) is 1. The summed E-state index contributed by atoms with van der Waals surface area (Å²) in [5.74, 6) is -0.229. The van der Waals surface area contributed by atoms with Crippen molar-refractivity contribution in [2.75, 3.05) is 62.7 Å². The van der Waals surface area contributed by atoms with Crippen LogP contribution in [0.15, 0.2) is 23.4 Å². The maximum absolute atomic E-state index is 13.9. The average Bonchev–Trinajstić information content (AvgIpc) is 2.95. The van der Waals surface area contributed by atoms with E-state index >= 15 is 0 Å². The van der Waals surface area contributed by atoms with Gasteiger partial charge in [0.05, 0.1) is 30.6 Å². The lowest BCUT2D eigenvalue weighted by Gasteiger charge is -2.35. The van der Waals surface area contributed by atoms with Crippen LogP contribution in [-0.2, 0) is 33.5 Å². The molecule has 1 aliphatic heterocycles. The second kappa shape index (κ2) is 15.5. The van der Waals surface area contributed by atoms with Gasteiger partial charge in [-0.15, -0.1) is 0 Å². The van der Waals surface area contributed by atoms with Crippen LogP contribution in [0.5, 0.6) is 0 Å². The van der Waals surface area contributed by atoms with E-state index in [1.165, 1.54) is 13.8 Å². The lowest BCUT2D eigenvalue weighted by atomic mass is 10.2. The Morgan fingerprint density at radius 3 is 2.22 bits per heavy atom. The van der Waals surface area contributed by atoms with Gasteiger partial charge in [0.25, 0.3) is 5.56 Å². The minimum Gasteiger partial charge on any atom is -0.378 e. The summed E-state index contributed by atoms with van der Waals surface area (Å²) in [6.45, 7) is 11.4. The van der Waals surface area contributed by atoms with Gasteiger partial charge in [-0.05, 0) is 13.0 Å². The second-order valence-corrected chi connectivity index (χ2v) is 17.8. The predicted molar refractivity (Wildman–Crippen MR) is 160 cm³/mol. The molecule has 0 aromatic carbocycles. The van der Waals surface area contributed by atoms with Crippen LogP contribution >= 0.6 is 0 Å². The topological polar surface area (TPSA) is 118 Å². The molecule has 3 heterocycles. The summed E-state index contributed by atoms with van der Waals surface area (Å²) in [6, 6.07) is 0.0283. The Morgan fingerprint density at radius 1 is 1.04 bits per heavy atom. The maximum atomic E-state index is 13.9. The van der Waals surface area contributed by atoms with Crippen molar-refractivity contribution in [3.05, 3.63) is 40.1 Å². The normalized spacial score (nSPS) is 15.6. The summed E-state index contributed by atoms with van der Waals surface area (Å²) in [6.07, 6.45) is -7.08. The molecule has 0 radical (unpaired) electrons. The molecule has 3 rings (SSSR count). The van der Waals surface area contributed by atoms with E-state index in [0.717, 1.165) is 29.7 Å². The van der Waals surface area contributed by atoms with E-state index in [4.69, 9.17) is 9.57 Å². The van der Waals surface area contributed by atoms with Crippen molar-refractivity contribution in [3.63, 3.8) is 0 Å². The minimum absolute atomic E-state index is 0.155. The third-order valence-electron chi connectivity index (χ3n) is 7.01. The first-order valence-electron chi connectivity index (χ1n) is 14.6. The van der Waals surface area contributed by atoms with Crippen molar-refractivity contribution >= 4 is 25.6 Å². The first kappa shape index (κ1) is 37.2. The van der Waals surface area contributed by atoms with Crippen LogP contribution in [0, 0.1) is 0 Å². The van der Waals surface area contributed by atoms with Crippen molar-refractivity contribution in [2.24, 2.45) is 0 Å². The number of hydroxylamine groups is 2. The smallest absolute Gasteiger partial charge is 0.378 e. The third-order valence-corrected chi connectivity index (χ3v) is 8.71. The SMILES string of the molecule is CC(=O)N(CCN1CCN(c2ncc(C(F)(F)F)cn2)CC1)OCC(C)Nc1cnn(COCC[Si](C)(C)C)c(=O)c1C(F)(F)F. The van der Waals surface area contributed by atoms with Crippen molar-refractivity contribution in [2.45, 2.75) is 64.7 Å². The molecule has 1 saturated heterocycles. The molecule has 1 amide bonds. The van der Waals surface area contributed by atoms with Gasteiger partial charge in [-0.25, -0.2) is 19.7 Å². The van der Waals surface area contributed by atoms with Gasteiger partial charge in [-0.2, -0.15) is 31.4 Å². The summed E-state index contributed by atoms with van der Waals surface area (Å²) in [7, 11) is -1.43. The molecule has 258 valence electrons. The van der Waals surface area contributed by atoms with E-state index < -0.39 is 61.5 Å². The standard InChI is InChI=1S/C27H40F6N8O4Si/c1-19(37-22-16-36-40(18-44-12-13-46(3,4)5)24(43)23(22)27(31,32)33)17-45-41(20(2)42)11-8-38-6-9-39(10-7-38)25-34-14-21(15-35-25)26(28,29)30/h14-16,19,37H,6-13,17-18H2,1-5H3. The van der Waals surface area contributed by atoms with E-state index in [2.05, 4.69) is 40.0 Å². The Balaban J connectivity index is 1.51. The molecular weight excluding hydrogens is 642 g/mol. The number of carbonyl (C=O) groups is 1. The number of amides is 1. The number of rotatable bonds is 14. The highest BCUT2D eigenvalue weighted by molar-refractivity contribution is 6.76. The number of halogens is 6. The molecule has 0 aliphatic carbocycles. The van der Waals surface area contributed by atoms with Crippen molar-refractivity contribution < 1.29 is 40.7 Å². The number of alkyl halides is 6. The number of nitrogens with zero attached hydrogens (tertiary/aromatic N) is 7. The zero-order chi connectivity index (χ0) is 34.3. The minimum atomic E-state index is -4.96. The molecule has 1 unspecified atom stereocenters. The largest absolute Gasteiger partial charge is 0.423 e. The molecule has 0 spiro atoms. The van der Waals surface area contributed by atoms with Crippen LogP contribution in [-0.4, -0.2) is 102 Å². The van der Waals surface area contributed by atoms with Gasteiger partial charge in [0, 0.05) is 72.8 Å². The lowest BCUT2D eigenvalue weighted by molar-refractivity contribution is -0.186. The first-order chi connectivity index (χ1) is 21.3. The molecule has 46 heavy (non-hydrogen) atoms. The number of piperazine rings is 1. The number of anilines is 2. The van der Waals surface area contributed by atoms with Gasteiger partial charge >= 0.3 is 12.4 Å². The van der Waals surface area contributed by atoms with Crippen molar-refractivity contribution in [3.8, 4) is 0 Å². The summed E-state index contributed by atoms with van der Waals surface area (Å²) >= 11 is 0. The molecule has 1 fully saturated rings. The molecular formula is C27H40F6N8O4Si. The fourth-order valence-electron chi connectivity index (χ4n) is 4.35. The fourth-order valence-corrected chi connectivity index (χ4v) is 5.11. The van der Waals surface area contributed by atoms with E-state index in [-0.39, 0.29) is 19.1 Å². The highest BCUT2D eigenvalue weighted by Gasteiger charge is 2.38. The quantitative estimate of drug-likeness (QED) is 0.137. The maximum Gasteiger partial charge on any atom is 0.423 e. The van der Waals surface area contributed by atoms with E-state index in [1.807, 2.05) is 4.90 Å². The van der Waals surface area contributed by atoms with Gasteiger partial charge in [0.1, 0.15) is 12.3 Å². The number of nitrogens with one attached hydrogen (secondary N) is 1. The Bertz CT molecular complexity index is 1350. The van der Waals surface area contributed by atoms with Gasteiger partial charge in [0.15, 0.2) is 0 Å². The van der Waals surface area contributed by atoms with Crippen molar-refractivity contribution in [1.82, 2.24) is 29.7 Å². The van der Waals surface area contributed by atoms with Gasteiger partial charge in [0.2, 0.25) is 11.9 Å². The van der Waals surface area contributed by atoms with Crippen LogP contribution in [0.25, 0.3) is 0 Å². The molecule has 1 N–H and O–H groups in total. The van der Waals surface area contributed by atoms with Crippen LogP contribution in [0.2, 0.25) is 25.7 Å². The Hall–Kier alpha value is -3.29. The summed E-state index contributed by atoms with van der Waals surface area (Å²) in [5.41, 5.74) is -4.19. The average molecular weight is 683 g/mol.